The molecular weight excluding hydrogens is 801 g/mol. The quantitative estimate of drug-likeness (QED) is 0.160. The molecule has 0 N–H and O–H groups in total. The number of rotatable bonds is 7. The minimum Gasteiger partial charge on any atom is -0.309 e. The Morgan fingerprint density at radius 2 is 0.682 bits per heavy atom. The summed E-state index contributed by atoms with van der Waals surface area (Å²) in [4.78, 5) is 10.2. The zero-order chi connectivity index (χ0) is 43.6. The van der Waals surface area contributed by atoms with Crippen LogP contribution in [0.25, 0.3) is 122 Å². The predicted octanol–water partition coefficient (Wildman–Crippen LogP) is 16.2. The van der Waals surface area contributed by atoms with E-state index in [1.165, 1.54) is 65.6 Å². The fourth-order valence-corrected chi connectivity index (χ4v) is 9.98. The van der Waals surface area contributed by atoms with Gasteiger partial charge >= 0.3 is 0 Å². The molecule has 0 fully saturated rings. The van der Waals surface area contributed by atoms with E-state index in [-0.39, 0.29) is 0 Å². The van der Waals surface area contributed by atoms with Crippen molar-refractivity contribution in [2.24, 2.45) is 0 Å². The lowest BCUT2D eigenvalue weighted by molar-refractivity contribution is 1.16. The highest BCUT2D eigenvalue weighted by Crippen LogP contribution is 2.39. The second kappa shape index (κ2) is 15.4. The van der Waals surface area contributed by atoms with Crippen molar-refractivity contribution in [3.63, 3.8) is 0 Å². The maximum Gasteiger partial charge on any atom is 0.160 e. The SMILES string of the molecule is c1ccc(-c2cc(-c3ccccc3)nc(-c3ccc(-n4c5ccccc5c5cc(-c6ccc7c(c6)c6ccccc6n7-c6ccc(-c7cccc8ccccc78)cc6)ccc54)cc3)n2)cc1. The van der Waals surface area contributed by atoms with Gasteiger partial charge in [0.05, 0.1) is 33.5 Å². The van der Waals surface area contributed by atoms with Crippen LogP contribution in [0.5, 0.6) is 0 Å². The Morgan fingerprint density at radius 3 is 1.23 bits per heavy atom. The average Bonchev–Trinajstić information content (AvgIpc) is 3.91. The predicted molar refractivity (Wildman–Crippen MR) is 275 cm³/mol. The van der Waals surface area contributed by atoms with Crippen molar-refractivity contribution < 1.29 is 0 Å². The molecule has 0 aliphatic carbocycles. The molecule has 0 saturated carbocycles. The van der Waals surface area contributed by atoms with Crippen LogP contribution < -0.4 is 0 Å². The van der Waals surface area contributed by atoms with E-state index in [9.17, 15) is 0 Å². The Balaban J connectivity index is 0.873. The first-order valence-electron chi connectivity index (χ1n) is 22.5. The molecule has 0 aliphatic heterocycles. The number of nitrogens with zero attached hydrogens (tertiary/aromatic N) is 4. The second-order valence-corrected chi connectivity index (χ2v) is 17.0. The van der Waals surface area contributed by atoms with E-state index < -0.39 is 0 Å². The Hall–Kier alpha value is -8.86. The molecule has 4 heteroatoms. The molecule has 0 aliphatic rings. The van der Waals surface area contributed by atoms with Crippen LogP contribution in [-0.4, -0.2) is 19.1 Å². The van der Waals surface area contributed by atoms with Crippen molar-refractivity contribution in [1.29, 1.82) is 0 Å². The first kappa shape index (κ1) is 37.7. The smallest absolute Gasteiger partial charge is 0.160 e. The summed E-state index contributed by atoms with van der Waals surface area (Å²) in [6.07, 6.45) is 0. The lowest BCUT2D eigenvalue weighted by Gasteiger charge is -2.12. The molecular formula is C62H40N4. The molecule has 0 atom stereocenters. The molecule has 66 heavy (non-hydrogen) atoms. The van der Waals surface area contributed by atoms with Gasteiger partial charge in [-0.15, -0.1) is 0 Å². The number of fused-ring (bicyclic) bond motifs is 7. The number of hydrogen-bond donors (Lipinski definition) is 0. The van der Waals surface area contributed by atoms with Crippen LogP contribution in [0.2, 0.25) is 0 Å². The van der Waals surface area contributed by atoms with Crippen molar-refractivity contribution in [2.75, 3.05) is 0 Å². The maximum absolute atomic E-state index is 5.09. The Kier molecular flexibility index (Phi) is 8.81. The van der Waals surface area contributed by atoms with E-state index >= 15 is 0 Å². The first-order chi connectivity index (χ1) is 32.7. The van der Waals surface area contributed by atoms with Gasteiger partial charge < -0.3 is 9.13 Å². The van der Waals surface area contributed by atoms with E-state index in [0.29, 0.717) is 5.82 Å². The number of para-hydroxylation sites is 2. The molecule has 13 rings (SSSR count). The summed E-state index contributed by atoms with van der Waals surface area (Å²) in [5.41, 5.74) is 16.6. The molecule has 4 nitrogen and oxygen atoms in total. The van der Waals surface area contributed by atoms with Crippen molar-refractivity contribution in [3.05, 3.63) is 243 Å². The third-order valence-corrected chi connectivity index (χ3v) is 13.2. The zero-order valence-corrected chi connectivity index (χ0v) is 35.9. The third kappa shape index (κ3) is 6.30. The van der Waals surface area contributed by atoms with Gasteiger partial charge in [0, 0.05) is 49.6 Å². The zero-order valence-electron chi connectivity index (χ0n) is 35.9. The summed E-state index contributed by atoms with van der Waals surface area (Å²) < 4.78 is 4.77. The molecule has 10 aromatic carbocycles. The van der Waals surface area contributed by atoms with Gasteiger partial charge in [-0.1, -0.05) is 164 Å². The minimum absolute atomic E-state index is 0.698. The molecule has 13 aromatic rings. The van der Waals surface area contributed by atoms with Gasteiger partial charge in [-0.2, -0.15) is 0 Å². The molecule has 0 unspecified atom stereocenters. The summed E-state index contributed by atoms with van der Waals surface area (Å²) in [5, 5.41) is 7.42. The summed E-state index contributed by atoms with van der Waals surface area (Å²) in [6, 6.07) is 87.0. The second-order valence-electron chi connectivity index (χ2n) is 17.0. The van der Waals surface area contributed by atoms with Crippen molar-refractivity contribution in [1.82, 2.24) is 19.1 Å². The molecule has 0 radical (unpaired) electrons. The van der Waals surface area contributed by atoms with Gasteiger partial charge in [0.25, 0.3) is 0 Å². The minimum atomic E-state index is 0.698. The average molecular weight is 841 g/mol. The normalized spacial score (nSPS) is 11.6. The van der Waals surface area contributed by atoms with Crippen LogP contribution in [0.3, 0.4) is 0 Å². The topological polar surface area (TPSA) is 35.6 Å². The summed E-state index contributed by atoms with van der Waals surface area (Å²) in [5.74, 6) is 0.698. The molecule has 0 saturated heterocycles. The van der Waals surface area contributed by atoms with Gasteiger partial charge in [-0.05, 0) is 112 Å². The lowest BCUT2D eigenvalue weighted by Crippen LogP contribution is -1.97. The van der Waals surface area contributed by atoms with E-state index in [4.69, 9.17) is 9.97 Å². The van der Waals surface area contributed by atoms with Gasteiger partial charge in [-0.3, -0.25) is 0 Å². The fourth-order valence-electron chi connectivity index (χ4n) is 9.98. The van der Waals surface area contributed by atoms with Crippen LogP contribution in [0.1, 0.15) is 0 Å². The van der Waals surface area contributed by atoms with E-state index in [1.54, 1.807) is 0 Å². The van der Waals surface area contributed by atoms with E-state index in [1.807, 2.05) is 12.1 Å². The highest BCUT2D eigenvalue weighted by Gasteiger charge is 2.18. The Labute approximate surface area is 382 Å². The molecule has 3 aromatic heterocycles. The van der Waals surface area contributed by atoms with Crippen molar-refractivity contribution in [3.8, 4) is 67.5 Å². The molecule has 308 valence electrons. The Bertz CT molecular complexity index is 3890. The number of benzene rings is 10. The van der Waals surface area contributed by atoms with E-state index in [2.05, 4.69) is 240 Å². The number of aromatic nitrogens is 4. The standard InChI is InChI=1S/C62H40N4/c1-3-15-43(16-4-1)56-40-57(44-17-5-2-6-18-44)64-62(63-56)45-28-34-49(35-29-45)66-59-25-12-10-22-53(59)55-39-47(31-37-61(55)66)46-30-36-60-54(38-46)52-21-9-11-24-58(52)65(60)48-32-26-42(27-33-48)51-23-13-19-41-14-7-8-20-50(41)51/h1-40H. The van der Waals surface area contributed by atoms with Crippen LogP contribution in [-0.2, 0) is 0 Å². The van der Waals surface area contributed by atoms with Crippen molar-refractivity contribution in [2.45, 2.75) is 0 Å². The van der Waals surface area contributed by atoms with Gasteiger partial charge in [-0.25, -0.2) is 9.97 Å². The van der Waals surface area contributed by atoms with Crippen LogP contribution in [0, 0.1) is 0 Å². The van der Waals surface area contributed by atoms with Crippen LogP contribution in [0.4, 0.5) is 0 Å². The van der Waals surface area contributed by atoms with Gasteiger partial charge in [0.2, 0.25) is 0 Å². The highest BCUT2D eigenvalue weighted by molar-refractivity contribution is 6.13. The molecule has 0 bridgehead atoms. The number of hydrogen-bond acceptors (Lipinski definition) is 2. The first-order valence-corrected chi connectivity index (χ1v) is 22.5. The van der Waals surface area contributed by atoms with Gasteiger partial charge in [0.1, 0.15) is 0 Å². The van der Waals surface area contributed by atoms with E-state index in [0.717, 1.165) is 50.5 Å². The van der Waals surface area contributed by atoms with Crippen LogP contribution >= 0.6 is 0 Å². The molecule has 0 spiro atoms. The summed E-state index contributed by atoms with van der Waals surface area (Å²) in [6.45, 7) is 0. The fraction of sp³-hybridized carbons (Fsp3) is 0. The summed E-state index contributed by atoms with van der Waals surface area (Å²) in [7, 11) is 0. The third-order valence-electron chi connectivity index (χ3n) is 13.2. The summed E-state index contributed by atoms with van der Waals surface area (Å²) >= 11 is 0. The van der Waals surface area contributed by atoms with Crippen molar-refractivity contribution >= 4 is 54.4 Å². The lowest BCUT2D eigenvalue weighted by atomic mass is 9.98. The molecule has 3 heterocycles. The highest BCUT2D eigenvalue weighted by atomic mass is 15.0. The van der Waals surface area contributed by atoms with Gasteiger partial charge in [0.15, 0.2) is 5.82 Å². The monoisotopic (exact) mass is 840 g/mol. The largest absolute Gasteiger partial charge is 0.309 e. The molecule has 0 amide bonds. The maximum atomic E-state index is 5.09. The van der Waals surface area contributed by atoms with Crippen LogP contribution in [0.15, 0.2) is 243 Å². The Morgan fingerprint density at radius 1 is 0.258 bits per heavy atom.